The molecule has 3 nitrogen and oxygen atoms in total. The van der Waals surface area contributed by atoms with Crippen molar-refractivity contribution in [2.24, 2.45) is 0 Å². The van der Waals surface area contributed by atoms with Crippen LogP contribution in [0.4, 0.5) is 0 Å². The maximum atomic E-state index is 12.5. The number of carbonyl (C=O) groups is 1. The molecular formula is C21H19ClN2OS. The second-order valence-corrected chi connectivity index (χ2v) is 7.78. The lowest BCUT2D eigenvalue weighted by molar-refractivity contribution is -0.121. The van der Waals surface area contributed by atoms with E-state index in [2.05, 4.69) is 28.5 Å². The van der Waals surface area contributed by atoms with Gasteiger partial charge in [-0.05, 0) is 36.5 Å². The van der Waals surface area contributed by atoms with Gasteiger partial charge < -0.3 is 5.32 Å². The minimum atomic E-state index is 0.0164. The molecule has 4 rings (SSSR count). The predicted molar refractivity (Wildman–Crippen MR) is 107 cm³/mol. The van der Waals surface area contributed by atoms with Gasteiger partial charge in [-0.2, -0.15) is 0 Å². The molecule has 1 atom stereocenters. The number of halogens is 1. The van der Waals surface area contributed by atoms with Crippen molar-refractivity contribution >= 4 is 28.8 Å². The third kappa shape index (κ3) is 3.67. The molecule has 2 aromatic carbocycles. The zero-order chi connectivity index (χ0) is 17.9. The van der Waals surface area contributed by atoms with Crippen molar-refractivity contribution in [3.63, 3.8) is 0 Å². The molecule has 0 radical (unpaired) electrons. The first-order chi connectivity index (χ1) is 12.7. The molecule has 0 fully saturated rings. The number of carbonyl (C=O) groups excluding carboxylic acids is 1. The minimum absolute atomic E-state index is 0.0164. The number of nitrogens with zero attached hydrogens (tertiary/aromatic N) is 1. The first kappa shape index (κ1) is 17.3. The molecule has 1 N–H and O–H groups in total. The highest BCUT2D eigenvalue weighted by Gasteiger charge is 2.21. The summed E-state index contributed by atoms with van der Waals surface area (Å²) in [6.45, 7) is 0. The van der Waals surface area contributed by atoms with Gasteiger partial charge in [0, 0.05) is 10.9 Å². The average Bonchev–Trinajstić information content (AvgIpc) is 3.10. The molecule has 0 saturated carbocycles. The van der Waals surface area contributed by atoms with E-state index in [1.807, 2.05) is 35.7 Å². The van der Waals surface area contributed by atoms with Crippen molar-refractivity contribution in [3.8, 4) is 10.6 Å². The maximum absolute atomic E-state index is 12.5. The van der Waals surface area contributed by atoms with E-state index in [9.17, 15) is 4.79 Å². The first-order valence-electron chi connectivity index (χ1n) is 8.77. The lowest BCUT2D eigenvalue weighted by Gasteiger charge is -2.26. The van der Waals surface area contributed by atoms with Gasteiger partial charge in [0.2, 0.25) is 5.91 Å². The molecule has 5 heteroatoms. The summed E-state index contributed by atoms with van der Waals surface area (Å²) in [5.41, 5.74) is 4.29. The Hall–Kier alpha value is -2.17. The van der Waals surface area contributed by atoms with E-state index in [1.165, 1.54) is 22.5 Å². The first-order valence-corrected chi connectivity index (χ1v) is 10.0. The Bertz CT molecular complexity index is 937. The Morgan fingerprint density at radius 2 is 2.00 bits per heavy atom. The highest BCUT2D eigenvalue weighted by Crippen LogP contribution is 2.31. The van der Waals surface area contributed by atoms with Gasteiger partial charge in [-0.25, -0.2) is 4.98 Å². The lowest BCUT2D eigenvalue weighted by Crippen LogP contribution is -2.32. The summed E-state index contributed by atoms with van der Waals surface area (Å²) in [7, 11) is 0. The average molecular weight is 383 g/mol. The molecule has 1 aromatic heterocycles. The third-order valence-corrected chi connectivity index (χ3v) is 5.96. The van der Waals surface area contributed by atoms with Gasteiger partial charge in [0.25, 0.3) is 0 Å². The molecule has 0 bridgehead atoms. The van der Waals surface area contributed by atoms with Crippen molar-refractivity contribution in [2.45, 2.75) is 31.7 Å². The largest absolute Gasteiger partial charge is 0.349 e. The fourth-order valence-corrected chi connectivity index (χ4v) is 4.60. The monoisotopic (exact) mass is 382 g/mol. The second-order valence-electron chi connectivity index (χ2n) is 6.51. The van der Waals surface area contributed by atoms with E-state index in [-0.39, 0.29) is 11.9 Å². The molecule has 1 aliphatic rings. The number of rotatable bonds is 4. The molecule has 3 aromatic rings. The minimum Gasteiger partial charge on any atom is -0.349 e. The quantitative estimate of drug-likeness (QED) is 0.673. The van der Waals surface area contributed by atoms with Crippen LogP contribution in [0.2, 0.25) is 5.02 Å². The Labute approximate surface area is 162 Å². The second kappa shape index (κ2) is 7.60. The highest BCUT2D eigenvalue weighted by molar-refractivity contribution is 7.13. The van der Waals surface area contributed by atoms with Crippen LogP contribution in [0, 0.1) is 0 Å². The van der Waals surface area contributed by atoms with Crippen molar-refractivity contribution in [1.82, 2.24) is 10.3 Å². The van der Waals surface area contributed by atoms with Crippen LogP contribution >= 0.6 is 22.9 Å². The summed E-state index contributed by atoms with van der Waals surface area (Å²) >= 11 is 7.76. The number of fused-ring (bicyclic) bond motifs is 1. The molecule has 0 aliphatic heterocycles. The predicted octanol–water partition coefficient (Wildman–Crippen LogP) is 5.20. The van der Waals surface area contributed by atoms with Crippen LogP contribution in [0.25, 0.3) is 10.6 Å². The molecule has 1 aliphatic carbocycles. The number of hydrogen-bond acceptors (Lipinski definition) is 3. The standard InChI is InChI=1S/C21H19ClN2OS/c22-18-10-4-3-9-17(18)21-23-15(13-26-21)12-20(25)24-19-11-5-7-14-6-1-2-8-16(14)19/h1-4,6,8-10,13,19H,5,7,11-12H2,(H,24,25)/t19-/m0/s1. The Kier molecular flexibility index (Phi) is 5.05. The Morgan fingerprint density at radius 3 is 2.88 bits per heavy atom. The third-order valence-electron chi connectivity index (χ3n) is 4.70. The zero-order valence-corrected chi connectivity index (χ0v) is 15.8. The Balaban J connectivity index is 1.44. The van der Waals surface area contributed by atoms with Gasteiger partial charge in [0.1, 0.15) is 5.01 Å². The zero-order valence-electron chi connectivity index (χ0n) is 14.2. The number of hydrogen-bond donors (Lipinski definition) is 1. The number of amides is 1. The molecule has 0 saturated heterocycles. The summed E-state index contributed by atoms with van der Waals surface area (Å²) in [4.78, 5) is 17.1. The molecule has 1 heterocycles. The van der Waals surface area contributed by atoms with E-state index < -0.39 is 0 Å². The summed E-state index contributed by atoms with van der Waals surface area (Å²) < 4.78 is 0. The van der Waals surface area contributed by atoms with Crippen molar-refractivity contribution in [1.29, 1.82) is 0 Å². The van der Waals surface area contributed by atoms with Crippen LogP contribution in [-0.2, 0) is 17.6 Å². The normalized spacial score (nSPS) is 16.1. The van der Waals surface area contributed by atoms with Crippen molar-refractivity contribution in [2.75, 3.05) is 0 Å². The van der Waals surface area contributed by atoms with Crippen molar-refractivity contribution < 1.29 is 4.79 Å². The number of benzene rings is 2. The van der Waals surface area contributed by atoms with E-state index in [0.717, 1.165) is 35.5 Å². The molecular weight excluding hydrogens is 364 g/mol. The van der Waals surface area contributed by atoms with E-state index in [4.69, 9.17) is 11.6 Å². The van der Waals surface area contributed by atoms with Gasteiger partial charge in [-0.1, -0.05) is 54.1 Å². The van der Waals surface area contributed by atoms with Crippen LogP contribution in [-0.4, -0.2) is 10.9 Å². The van der Waals surface area contributed by atoms with E-state index in [1.54, 1.807) is 0 Å². The van der Waals surface area contributed by atoms with Gasteiger partial charge in [0.15, 0.2) is 0 Å². The SMILES string of the molecule is O=C(Cc1csc(-c2ccccc2Cl)n1)N[C@H]1CCCc2ccccc21. The summed E-state index contributed by atoms with van der Waals surface area (Å²) in [6.07, 6.45) is 3.48. The maximum Gasteiger partial charge on any atom is 0.226 e. The molecule has 0 unspecified atom stereocenters. The van der Waals surface area contributed by atoms with Gasteiger partial charge >= 0.3 is 0 Å². The molecule has 26 heavy (non-hydrogen) atoms. The summed E-state index contributed by atoms with van der Waals surface area (Å²) in [6, 6.07) is 16.1. The van der Waals surface area contributed by atoms with Gasteiger partial charge in [-0.3, -0.25) is 4.79 Å². The van der Waals surface area contributed by atoms with E-state index >= 15 is 0 Å². The number of aromatic nitrogens is 1. The number of thiazole rings is 1. The molecule has 0 spiro atoms. The van der Waals surface area contributed by atoms with Gasteiger partial charge in [0.05, 0.1) is 23.2 Å². The van der Waals surface area contributed by atoms with Crippen molar-refractivity contribution in [3.05, 3.63) is 75.8 Å². The van der Waals surface area contributed by atoms with Crippen LogP contribution in [0.1, 0.15) is 35.7 Å². The van der Waals surface area contributed by atoms with Crippen LogP contribution in [0.15, 0.2) is 53.9 Å². The topological polar surface area (TPSA) is 42.0 Å². The van der Waals surface area contributed by atoms with Crippen LogP contribution in [0.3, 0.4) is 0 Å². The smallest absolute Gasteiger partial charge is 0.226 e. The summed E-state index contributed by atoms with van der Waals surface area (Å²) in [5, 5.41) is 6.65. The Morgan fingerprint density at radius 1 is 1.19 bits per heavy atom. The van der Waals surface area contributed by atoms with E-state index in [0.29, 0.717) is 11.4 Å². The van der Waals surface area contributed by atoms with Gasteiger partial charge in [-0.15, -0.1) is 11.3 Å². The molecule has 1 amide bonds. The fourth-order valence-electron chi connectivity index (χ4n) is 3.46. The lowest BCUT2D eigenvalue weighted by atomic mass is 9.87. The fraction of sp³-hybridized carbons (Fsp3) is 0.238. The highest BCUT2D eigenvalue weighted by atomic mass is 35.5. The number of nitrogens with one attached hydrogen (secondary N) is 1. The van der Waals surface area contributed by atoms with Crippen LogP contribution < -0.4 is 5.32 Å². The summed E-state index contributed by atoms with van der Waals surface area (Å²) in [5.74, 6) is 0.0164. The van der Waals surface area contributed by atoms with Crippen LogP contribution in [0.5, 0.6) is 0 Å². The number of aryl methyl sites for hydroxylation is 1. The molecule has 132 valence electrons.